The fourth-order valence-corrected chi connectivity index (χ4v) is 8.18. The first-order valence-electron chi connectivity index (χ1n) is 20.2. The molecule has 282 valence electrons. The number of anilines is 3. The Hall–Kier alpha value is -7.56. The molecular weight excluding hydrogens is 717 g/mol. The zero-order valence-electron chi connectivity index (χ0n) is 33.3. The van der Waals surface area contributed by atoms with E-state index < -0.39 is 0 Å². The van der Waals surface area contributed by atoms with Crippen LogP contribution in [0.4, 0.5) is 17.1 Å². The molecule has 0 N–H and O–H groups in total. The maximum atomic E-state index is 5.04. The fraction of sp³-hybridized carbons (Fsp3) is 0.0545. The van der Waals surface area contributed by atoms with Gasteiger partial charge in [-0.3, -0.25) is 0 Å². The fourth-order valence-electron chi connectivity index (χ4n) is 8.18. The molecule has 0 amide bonds. The van der Waals surface area contributed by atoms with Crippen LogP contribution in [0.2, 0.25) is 0 Å². The SMILES string of the molecule is Cc1ccc(N(c2ccc(C)cc2)c2ccc3c(c2)c2ccccc2n3-c2ccc(-c3ccc(-c4cc(-c5ccccc5)nc(-c5ccccc5)n4)cc3)cc2C)cc1. The summed E-state index contributed by atoms with van der Waals surface area (Å²) < 4.78 is 2.42. The lowest BCUT2D eigenvalue weighted by Gasteiger charge is -2.26. The lowest BCUT2D eigenvalue weighted by atomic mass is 9.99. The number of aromatic nitrogens is 3. The van der Waals surface area contributed by atoms with Crippen molar-refractivity contribution < 1.29 is 0 Å². The summed E-state index contributed by atoms with van der Waals surface area (Å²) in [5.74, 6) is 0.716. The molecule has 0 aliphatic carbocycles. The van der Waals surface area contributed by atoms with Gasteiger partial charge in [-0.25, -0.2) is 9.97 Å². The minimum absolute atomic E-state index is 0.716. The van der Waals surface area contributed by atoms with Gasteiger partial charge < -0.3 is 9.47 Å². The van der Waals surface area contributed by atoms with E-state index in [1.54, 1.807) is 0 Å². The summed E-state index contributed by atoms with van der Waals surface area (Å²) in [5, 5.41) is 2.45. The van der Waals surface area contributed by atoms with Gasteiger partial charge in [0.25, 0.3) is 0 Å². The topological polar surface area (TPSA) is 34.0 Å². The summed E-state index contributed by atoms with van der Waals surface area (Å²) in [6, 6.07) is 71.4. The number of aryl methyl sites for hydroxylation is 3. The molecule has 0 bridgehead atoms. The average Bonchev–Trinajstić information content (AvgIpc) is 3.61. The van der Waals surface area contributed by atoms with Gasteiger partial charge >= 0.3 is 0 Å². The zero-order valence-corrected chi connectivity index (χ0v) is 33.3. The molecule has 0 atom stereocenters. The van der Waals surface area contributed by atoms with Crippen LogP contribution in [-0.4, -0.2) is 14.5 Å². The molecule has 0 fully saturated rings. The highest BCUT2D eigenvalue weighted by Crippen LogP contribution is 2.41. The molecule has 0 aliphatic heterocycles. The largest absolute Gasteiger partial charge is 0.310 e. The predicted molar refractivity (Wildman–Crippen MR) is 247 cm³/mol. The first-order chi connectivity index (χ1) is 29.0. The molecule has 8 aromatic carbocycles. The number of para-hydroxylation sites is 1. The third kappa shape index (κ3) is 6.85. The maximum Gasteiger partial charge on any atom is 0.160 e. The molecule has 0 aliphatic rings. The van der Waals surface area contributed by atoms with Crippen molar-refractivity contribution in [2.45, 2.75) is 20.8 Å². The van der Waals surface area contributed by atoms with Gasteiger partial charge in [0, 0.05) is 50.2 Å². The summed E-state index contributed by atoms with van der Waals surface area (Å²) >= 11 is 0. The van der Waals surface area contributed by atoms with Crippen molar-refractivity contribution in [3.63, 3.8) is 0 Å². The molecule has 59 heavy (non-hydrogen) atoms. The van der Waals surface area contributed by atoms with Crippen LogP contribution in [0.25, 0.3) is 72.5 Å². The molecule has 4 heteroatoms. The van der Waals surface area contributed by atoms with Crippen LogP contribution in [0.3, 0.4) is 0 Å². The van der Waals surface area contributed by atoms with Crippen molar-refractivity contribution in [2.24, 2.45) is 0 Å². The van der Waals surface area contributed by atoms with Crippen molar-refractivity contribution in [3.05, 3.63) is 217 Å². The van der Waals surface area contributed by atoms with Gasteiger partial charge in [0.05, 0.1) is 22.4 Å². The van der Waals surface area contributed by atoms with Crippen molar-refractivity contribution in [1.82, 2.24) is 14.5 Å². The summed E-state index contributed by atoms with van der Waals surface area (Å²) in [7, 11) is 0. The molecule has 2 heterocycles. The first-order valence-corrected chi connectivity index (χ1v) is 20.2. The number of fused-ring (bicyclic) bond motifs is 3. The van der Waals surface area contributed by atoms with Gasteiger partial charge in [0.1, 0.15) is 0 Å². The third-order valence-electron chi connectivity index (χ3n) is 11.3. The smallest absolute Gasteiger partial charge is 0.160 e. The molecule has 2 aromatic heterocycles. The highest BCUT2D eigenvalue weighted by molar-refractivity contribution is 6.10. The van der Waals surface area contributed by atoms with Crippen molar-refractivity contribution in [1.29, 1.82) is 0 Å². The van der Waals surface area contributed by atoms with E-state index in [2.05, 4.69) is 194 Å². The minimum atomic E-state index is 0.716. The number of nitrogens with zero attached hydrogens (tertiary/aromatic N) is 4. The molecular formula is C55H42N4. The van der Waals surface area contributed by atoms with Crippen molar-refractivity contribution >= 4 is 38.9 Å². The number of benzene rings is 8. The number of rotatable bonds is 8. The van der Waals surface area contributed by atoms with Crippen molar-refractivity contribution in [3.8, 4) is 50.7 Å². The normalized spacial score (nSPS) is 11.3. The number of hydrogen-bond acceptors (Lipinski definition) is 3. The van der Waals surface area contributed by atoms with Crippen LogP contribution in [0.15, 0.2) is 200 Å². The third-order valence-corrected chi connectivity index (χ3v) is 11.3. The Bertz CT molecular complexity index is 2990. The second-order valence-electron chi connectivity index (χ2n) is 15.3. The van der Waals surface area contributed by atoms with Gasteiger partial charge in [-0.05, 0) is 104 Å². The van der Waals surface area contributed by atoms with Crippen molar-refractivity contribution in [2.75, 3.05) is 4.90 Å². The number of hydrogen-bond donors (Lipinski definition) is 0. The lowest BCUT2D eigenvalue weighted by Crippen LogP contribution is -2.10. The molecule has 0 radical (unpaired) electrons. The molecule has 4 nitrogen and oxygen atoms in total. The van der Waals surface area contributed by atoms with Gasteiger partial charge in [-0.1, -0.05) is 145 Å². The van der Waals surface area contributed by atoms with E-state index in [1.165, 1.54) is 49.7 Å². The van der Waals surface area contributed by atoms with Crippen LogP contribution in [0.5, 0.6) is 0 Å². The highest BCUT2D eigenvalue weighted by Gasteiger charge is 2.19. The van der Waals surface area contributed by atoms with Gasteiger partial charge in [-0.15, -0.1) is 0 Å². The van der Waals surface area contributed by atoms with E-state index >= 15 is 0 Å². The standard InChI is InChI=1S/C55H42N4/c1-37-18-27-45(28-19-37)58(46-29-20-38(2)21-30-46)47-31-33-54-49(35-47)48-16-10-11-17-53(48)59(54)52-32-26-44(34-39(52)3)40-22-24-42(25-23-40)51-36-50(41-12-6-4-7-13-41)56-55(57-51)43-14-8-5-9-15-43/h4-36H,1-3H3. The van der Waals surface area contributed by atoms with Crippen LogP contribution in [0, 0.1) is 20.8 Å². The first kappa shape index (κ1) is 35.8. The van der Waals surface area contributed by atoms with E-state index in [1.807, 2.05) is 36.4 Å². The second kappa shape index (κ2) is 15.1. The lowest BCUT2D eigenvalue weighted by molar-refractivity contribution is 1.15. The minimum Gasteiger partial charge on any atom is -0.310 e. The Kier molecular flexibility index (Phi) is 9.15. The van der Waals surface area contributed by atoms with Gasteiger partial charge in [0.15, 0.2) is 5.82 Å². The molecule has 0 spiro atoms. The highest BCUT2D eigenvalue weighted by atomic mass is 15.1. The van der Waals surface area contributed by atoms with Gasteiger partial charge in [0.2, 0.25) is 0 Å². The summed E-state index contributed by atoms with van der Waals surface area (Å²) in [4.78, 5) is 12.4. The van der Waals surface area contributed by atoms with E-state index in [-0.39, 0.29) is 0 Å². The van der Waals surface area contributed by atoms with Crippen LogP contribution < -0.4 is 4.90 Å². The van der Waals surface area contributed by atoms with E-state index in [4.69, 9.17) is 9.97 Å². The van der Waals surface area contributed by atoms with Crippen LogP contribution in [0.1, 0.15) is 16.7 Å². The zero-order chi connectivity index (χ0) is 39.9. The van der Waals surface area contributed by atoms with Crippen LogP contribution >= 0.6 is 0 Å². The Morgan fingerprint density at radius 3 is 1.51 bits per heavy atom. The Balaban J connectivity index is 1.01. The molecule has 0 unspecified atom stereocenters. The maximum absolute atomic E-state index is 5.04. The quantitative estimate of drug-likeness (QED) is 0.155. The Morgan fingerprint density at radius 2 is 0.881 bits per heavy atom. The molecule has 0 saturated carbocycles. The van der Waals surface area contributed by atoms with Gasteiger partial charge in [-0.2, -0.15) is 0 Å². The predicted octanol–water partition coefficient (Wildman–Crippen LogP) is 14.6. The van der Waals surface area contributed by atoms with Crippen LogP contribution in [-0.2, 0) is 0 Å². The average molecular weight is 759 g/mol. The Labute approximate surface area is 345 Å². The molecule has 10 rings (SSSR count). The second-order valence-corrected chi connectivity index (χ2v) is 15.3. The summed E-state index contributed by atoms with van der Waals surface area (Å²) in [6.07, 6.45) is 0. The summed E-state index contributed by atoms with van der Waals surface area (Å²) in [6.45, 7) is 6.49. The Morgan fingerprint density at radius 1 is 0.373 bits per heavy atom. The monoisotopic (exact) mass is 758 g/mol. The van der Waals surface area contributed by atoms with E-state index in [0.29, 0.717) is 5.82 Å². The molecule has 10 aromatic rings. The summed E-state index contributed by atoms with van der Waals surface area (Å²) in [5.41, 5.74) is 17.8. The van der Waals surface area contributed by atoms with E-state index in [0.717, 1.165) is 50.7 Å². The van der Waals surface area contributed by atoms with E-state index in [9.17, 15) is 0 Å². The molecule has 0 saturated heterocycles.